The van der Waals surface area contributed by atoms with Gasteiger partial charge in [0.15, 0.2) is 11.6 Å². The smallest absolute Gasteiger partial charge is 0.300 e. The fourth-order valence-corrected chi connectivity index (χ4v) is 5.08. The van der Waals surface area contributed by atoms with E-state index in [-0.39, 0.29) is 17.0 Å². The van der Waals surface area contributed by atoms with Gasteiger partial charge < -0.3 is 9.84 Å². The minimum absolute atomic E-state index is 0.0236. The Kier molecular flexibility index (Phi) is 5.80. The van der Waals surface area contributed by atoms with E-state index in [2.05, 4.69) is 0 Å². The minimum atomic E-state index is -1.14. The number of aliphatic hydroxyl groups is 1. The molecule has 2 heterocycles. The molecule has 4 rings (SSSR count). The fraction of sp³-hybridized carbons (Fsp3) is 0.200. The van der Waals surface area contributed by atoms with Crippen molar-refractivity contribution < 1.29 is 28.2 Å². The molecule has 1 aromatic heterocycles. The Morgan fingerprint density at radius 1 is 1.00 bits per heavy atom. The van der Waals surface area contributed by atoms with Gasteiger partial charge in [-0.15, -0.1) is 11.3 Å². The molecule has 0 saturated carbocycles. The molecule has 1 amide bonds. The molecule has 1 aliphatic heterocycles. The van der Waals surface area contributed by atoms with Crippen LogP contribution in [0.4, 0.5) is 14.5 Å². The zero-order valence-electron chi connectivity index (χ0n) is 18.4. The zero-order chi connectivity index (χ0) is 24.0. The average molecular weight is 470 g/mol. The summed E-state index contributed by atoms with van der Waals surface area (Å²) < 4.78 is 32.9. The molecule has 0 bridgehead atoms. The number of ketones is 1. The second-order valence-corrected chi connectivity index (χ2v) is 8.82. The van der Waals surface area contributed by atoms with E-state index in [4.69, 9.17) is 4.74 Å². The van der Waals surface area contributed by atoms with E-state index in [9.17, 15) is 23.5 Å². The van der Waals surface area contributed by atoms with Gasteiger partial charge in [0.05, 0.1) is 12.7 Å². The fourth-order valence-electron chi connectivity index (χ4n) is 4.06. The Labute approximate surface area is 193 Å². The zero-order valence-corrected chi connectivity index (χ0v) is 19.2. The number of rotatable bonds is 4. The molecule has 3 aromatic rings. The number of Topliss-reactive ketones (excluding diaryl/α,β-unsaturated/α-hetero) is 1. The lowest BCUT2D eigenvalue weighted by molar-refractivity contribution is -0.132. The quantitative estimate of drug-likeness (QED) is 0.308. The van der Waals surface area contributed by atoms with Crippen LogP contribution in [0.1, 0.15) is 33.2 Å². The number of thiophene rings is 1. The maximum atomic E-state index is 14.0. The van der Waals surface area contributed by atoms with Gasteiger partial charge in [-0.25, -0.2) is 8.78 Å². The molecule has 1 atom stereocenters. The first-order chi connectivity index (χ1) is 15.6. The van der Waals surface area contributed by atoms with E-state index < -0.39 is 29.4 Å². The highest BCUT2D eigenvalue weighted by molar-refractivity contribution is 7.10. The topological polar surface area (TPSA) is 66.8 Å². The third kappa shape index (κ3) is 3.70. The summed E-state index contributed by atoms with van der Waals surface area (Å²) in [6, 6.07) is 7.28. The molecule has 8 heteroatoms. The highest BCUT2D eigenvalue weighted by atomic mass is 32.1. The molecule has 1 N–H and O–H groups in total. The summed E-state index contributed by atoms with van der Waals surface area (Å²) >= 11 is 1.31. The SMILES string of the molecule is COc1cc(C)c(/C(O)=C2\C(=O)C(=O)N(c3ccc(F)c(F)c3)C2c2sccc2C)cc1C. The number of halogens is 2. The molecule has 33 heavy (non-hydrogen) atoms. The van der Waals surface area contributed by atoms with E-state index in [1.807, 2.05) is 13.0 Å². The van der Waals surface area contributed by atoms with E-state index in [0.717, 1.165) is 28.2 Å². The predicted molar refractivity (Wildman–Crippen MR) is 123 cm³/mol. The van der Waals surface area contributed by atoms with Crippen LogP contribution in [-0.4, -0.2) is 23.9 Å². The molecular formula is C25H21F2NO4S. The Balaban J connectivity index is 1.98. The number of carbonyl (C=O) groups excluding carboxylic acids is 2. The number of anilines is 1. The Morgan fingerprint density at radius 2 is 1.73 bits per heavy atom. The summed E-state index contributed by atoms with van der Waals surface area (Å²) in [5, 5.41) is 13.1. The van der Waals surface area contributed by atoms with Gasteiger partial charge in [-0.05, 0) is 73.2 Å². The summed E-state index contributed by atoms with van der Waals surface area (Å²) in [5.74, 6) is -3.75. The van der Waals surface area contributed by atoms with Crippen molar-refractivity contribution in [3.8, 4) is 5.75 Å². The van der Waals surface area contributed by atoms with Gasteiger partial charge in [-0.1, -0.05) is 0 Å². The van der Waals surface area contributed by atoms with Crippen molar-refractivity contribution in [3.63, 3.8) is 0 Å². The van der Waals surface area contributed by atoms with Gasteiger partial charge in [-0.2, -0.15) is 0 Å². The van der Waals surface area contributed by atoms with Gasteiger partial charge in [0, 0.05) is 22.2 Å². The number of carbonyl (C=O) groups is 2. The van der Waals surface area contributed by atoms with Crippen LogP contribution in [0, 0.1) is 32.4 Å². The van der Waals surface area contributed by atoms with Crippen molar-refractivity contribution in [2.24, 2.45) is 0 Å². The molecule has 1 fully saturated rings. The summed E-state index contributed by atoms with van der Waals surface area (Å²) in [4.78, 5) is 28.1. The first-order valence-electron chi connectivity index (χ1n) is 10.1. The van der Waals surface area contributed by atoms with Crippen molar-refractivity contribution in [2.45, 2.75) is 26.8 Å². The van der Waals surface area contributed by atoms with Gasteiger partial charge >= 0.3 is 0 Å². The van der Waals surface area contributed by atoms with Crippen molar-refractivity contribution in [2.75, 3.05) is 12.0 Å². The third-order valence-electron chi connectivity index (χ3n) is 5.77. The summed E-state index contributed by atoms with van der Waals surface area (Å²) in [6.45, 7) is 5.38. The number of hydrogen-bond acceptors (Lipinski definition) is 5. The number of aliphatic hydroxyl groups excluding tert-OH is 1. The van der Waals surface area contributed by atoms with Crippen LogP contribution in [0.5, 0.6) is 5.75 Å². The Hall–Kier alpha value is -3.52. The van der Waals surface area contributed by atoms with E-state index in [0.29, 0.717) is 21.8 Å². The summed E-state index contributed by atoms with van der Waals surface area (Å²) in [5.41, 5.74) is 2.49. The number of aryl methyl sites for hydroxylation is 3. The van der Waals surface area contributed by atoms with Crippen LogP contribution in [0.15, 0.2) is 47.4 Å². The van der Waals surface area contributed by atoms with E-state index in [1.165, 1.54) is 24.5 Å². The van der Waals surface area contributed by atoms with Crippen LogP contribution in [-0.2, 0) is 9.59 Å². The minimum Gasteiger partial charge on any atom is -0.507 e. The van der Waals surface area contributed by atoms with Crippen molar-refractivity contribution in [3.05, 3.63) is 86.1 Å². The lowest BCUT2D eigenvalue weighted by Crippen LogP contribution is -2.29. The number of nitrogens with zero attached hydrogens (tertiary/aromatic N) is 1. The van der Waals surface area contributed by atoms with Gasteiger partial charge in [-0.3, -0.25) is 14.5 Å². The lowest BCUT2D eigenvalue weighted by atomic mass is 9.95. The largest absolute Gasteiger partial charge is 0.507 e. The monoisotopic (exact) mass is 469 g/mol. The Bertz CT molecular complexity index is 1330. The van der Waals surface area contributed by atoms with Gasteiger partial charge in [0.2, 0.25) is 0 Å². The number of ether oxygens (including phenoxy) is 1. The lowest BCUT2D eigenvalue weighted by Gasteiger charge is -2.25. The highest BCUT2D eigenvalue weighted by Crippen LogP contribution is 2.45. The molecule has 170 valence electrons. The van der Waals surface area contributed by atoms with Crippen LogP contribution in [0.3, 0.4) is 0 Å². The maximum Gasteiger partial charge on any atom is 0.300 e. The predicted octanol–water partition coefficient (Wildman–Crippen LogP) is 5.59. The number of methoxy groups -OCH3 is 1. The standard InChI is InChI=1S/C25H21F2NO4S/c1-12-7-8-33-24(12)21-20(22(29)16-9-14(3)19(32-4)10-13(16)2)23(30)25(31)28(21)15-5-6-17(26)18(27)11-15/h5-11,21,29H,1-4H3/b22-20+. The first kappa shape index (κ1) is 22.7. The van der Waals surface area contributed by atoms with Crippen LogP contribution in [0.2, 0.25) is 0 Å². The second kappa shape index (κ2) is 8.44. The molecule has 0 aliphatic carbocycles. The number of amides is 1. The normalized spacial score (nSPS) is 17.6. The molecule has 1 aliphatic rings. The second-order valence-electron chi connectivity index (χ2n) is 7.87. The number of benzene rings is 2. The van der Waals surface area contributed by atoms with Crippen LogP contribution in [0.25, 0.3) is 5.76 Å². The van der Waals surface area contributed by atoms with Crippen molar-refractivity contribution >= 4 is 34.5 Å². The molecule has 1 saturated heterocycles. The molecule has 0 radical (unpaired) electrons. The summed E-state index contributed by atoms with van der Waals surface area (Å²) in [6.07, 6.45) is 0. The van der Waals surface area contributed by atoms with E-state index in [1.54, 1.807) is 31.4 Å². The van der Waals surface area contributed by atoms with Crippen LogP contribution >= 0.6 is 11.3 Å². The molecule has 2 aromatic carbocycles. The number of hydrogen-bond donors (Lipinski definition) is 1. The highest BCUT2D eigenvalue weighted by Gasteiger charge is 2.48. The van der Waals surface area contributed by atoms with E-state index >= 15 is 0 Å². The molecular weight excluding hydrogens is 448 g/mol. The summed E-state index contributed by atoms with van der Waals surface area (Å²) in [7, 11) is 1.54. The Morgan fingerprint density at radius 3 is 2.33 bits per heavy atom. The molecule has 0 spiro atoms. The van der Waals surface area contributed by atoms with Crippen molar-refractivity contribution in [1.82, 2.24) is 0 Å². The average Bonchev–Trinajstić information content (AvgIpc) is 3.31. The van der Waals surface area contributed by atoms with Gasteiger partial charge in [0.1, 0.15) is 17.6 Å². The third-order valence-corrected chi connectivity index (χ3v) is 6.84. The van der Waals surface area contributed by atoms with Crippen LogP contribution < -0.4 is 9.64 Å². The maximum absolute atomic E-state index is 14.0. The molecule has 5 nitrogen and oxygen atoms in total. The first-order valence-corrected chi connectivity index (χ1v) is 11.0. The molecule has 1 unspecified atom stereocenters. The van der Waals surface area contributed by atoms with Crippen molar-refractivity contribution in [1.29, 1.82) is 0 Å². The van der Waals surface area contributed by atoms with Gasteiger partial charge in [0.25, 0.3) is 11.7 Å².